The van der Waals surface area contributed by atoms with Crippen LogP contribution in [0.25, 0.3) is 0 Å². The molecule has 7 heteroatoms. The SMILES string of the molecule is CCNC(=NCC(C)CN1CCOCC1)NCCCOCC(C)C.I. The smallest absolute Gasteiger partial charge is 0.191 e. The summed E-state index contributed by atoms with van der Waals surface area (Å²) in [5.74, 6) is 2.06. The summed E-state index contributed by atoms with van der Waals surface area (Å²) in [6, 6.07) is 0. The minimum Gasteiger partial charge on any atom is -0.381 e. The van der Waals surface area contributed by atoms with Crippen molar-refractivity contribution in [3.05, 3.63) is 0 Å². The molecule has 0 radical (unpaired) electrons. The highest BCUT2D eigenvalue weighted by Crippen LogP contribution is 2.03. The van der Waals surface area contributed by atoms with Crippen LogP contribution in [0.5, 0.6) is 0 Å². The number of aliphatic imine (C=N–C) groups is 1. The summed E-state index contributed by atoms with van der Waals surface area (Å²) < 4.78 is 11.0. The fourth-order valence-electron chi connectivity index (χ4n) is 2.57. The average Bonchev–Trinajstić information content (AvgIpc) is 2.56. The normalized spacial score (nSPS) is 17.2. The molecule has 1 atom stereocenters. The van der Waals surface area contributed by atoms with E-state index < -0.39 is 0 Å². The van der Waals surface area contributed by atoms with Gasteiger partial charge in [0, 0.05) is 52.5 Å². The van der Waals surface area contributed by atoms with Crippen molar-refractivity contribution >= 4 is 29.9 Å². The van der Waals surface area contributed by atoms with Crippen molar-refractivity contribution in [3.63, 3.8) is 0 Å². The monoisotopic (exact) mass is 470 g/mol. The van der Waals surface area contributed by atoms with Crippen molar-refractivity contribution in [2.75, 3.05) is 65.7 Å². The summed E-state index contributed by atoms with van der Waals surface area (Å²) in [4.78, 5) is 7.19. The Balaban J connectivity index is 0.00000576. The number of nitrogens with one attached hydrogen (secondary N) is 2. The van der Waals surface area contributed by atoms with E-state index in [9.17, 15) is 0 Å². The number of rotatable bonds is 11. The molecule has 1 aliphatic rings. The van der Waals surface area contributed by atoms with Gasteiger partial charge in [0.1, 0.15) is 0 Å². The van der Waals surface area contributed by atoms with Crippen LogP contribution in [0.1, 0.15) is 34.1 Å². The lowest BCUT2D eigenvalue weighted by atomic mass is 10.1. The highest BCUT2D eigenvalue weighted by atomic mass is 127. The van der Waals surface area contributed by atoms with E-state index in [0.29, 0.717) is 11.8 Å². The van der Waals surface area contributed by atoms with Gasteiger partial charge in [-0.25, -0.2) is 0 Å². The Labute approximate surface area is 171 Å². The number of morpholine rings is 1. The summed E-state index contributed by atoms with van der Waals surface area (Å²) in [5, 5.41) is 6.71. The number of hydrogen-bond donors (Lipinski definition) is 2. The van der Waals surface area contributed by atoms with E-state index in [1.54, 1.807) is 0 Å². The van der Waals surface area contributed by atoms with Gasteiger partial charge in [0.25, 0.3) is 0 Å². The molecule has 0 saturated carbocycles. The zero-order chi connectivity index (χ0) is 17.6. The molecule has 0 spiro atoms. The van der Waals surface area contributed by atoms with Crippen LogP contribution in [0, 0.1) is 11.8 Å². The Hall–Kier alpha value is -0.120. The van der Waals surface area contributed by atoms with Gasteiger partial charge < -0.3 is 20.1 Å². The zero-order valence-electron chi connectivity index (χ0n) is 16.6. The molecule has 6 nitrogen and oxygen atoms in total. The standard InChI is InChI=1S/C18H38N4O2.HI/c1-5-19-18(20-7-6-10-24-15-16(2)3)21-13-17(4)14-22-8-11-23-12-9-22;/h16-17H,5-15H2,1-4H3,(H2,19,20,21);1H. The number of hydrogen-bond acceptors (Lipinski definition) is 4. The third-order valence-corrected chi connectivity index (χ3v) is 3.79. The maximum Gasteiger partial charge on any atom is 0.191 e. The lowest BCUT2D eigenvalue weighted by Gasteiger charge is -2.28. The second-order valence-corrected chi connectivity index (χ2v) is 6.99. The second kappa shape index (κ2) is 16.1. The molecule has 1 unspecified atom stereocenters. The molecule has 1 aliphatic heterocycles. The van der Waals surface area contributed by atoms with Gasteiger partial charge in [0.15, 0.2) is 5.96 Å². The Bertz CT molecular complexity index is 337. The van der Waals surface area contributed by atoms with Crippen molar-refractivity contribution in [2.45, 2.75) is 34.1 Å². The zero-order valence-corrected chi connectivity index (χ0v) is 18.9. The van der Waals surface area contributed by atoms with Crippen LogP contribution in [0.4, 0.5) is 0 Å². The predicted octanol–water partition coefficient (Wildman–Crippen LogP) is 2.19. The van der Waals surface area contributed by atoms with Gasteiger partial charge in [0.05, 0.1) is 13.2 Å². The van der Waals surface area contributed by atoms with Crippen molar-refractivity contribution < 1.29 is 9.47 Å². The van der Waals surface area contributed by atoms with Crippen LogP contribution in [-0.4, -0.2) is 76.6 Å². The van der Waals surface area contributed by atoms with Crippen LogP contribution in [-0.2, 0) is 9.47 Å². The second-order valence-electron chi connectivity index (χ2n) is 6.99. The molecule has 150 valence electrons. The number of guanidine groups is 1. The van der Waals surface area contributed by atoms with Crippen molar-refractivity contribution in [1.29, 1.82) is 0 Å². The van der Waals surface area contributed by atoms with Gasteiger partial charge in [-0.15, -0.1) is 24.0 Å². The third kappa shape index (κ3) is 13.7. The first-order valence-electron chi connectivity index (χ1n) is 9.51. The number of ether oxygens (including phenoxy) is 2. The molecule has 1 heterocycles. The van der Waals surface area contributed by atoms with Crippen molar-refractivity contribution in [3.8, 4) is 0 Å². The van der Waals surface area contributed by atoms with E-state index in [2.05, 4.69) is 43.2 Å². The van der Waals surface area contributed by atoms with Gasteiger partial charge in [0.2, 0.25) is 0 Å². The summed E-state index contributed by atoms with van der Waals surface area (Å²) in [5.41, 5.74) is 0. The fourth-order valence-corrected chi connectivity index (χ4v) is 2.57. The molecule has 1 rings (SSSR count). The topological polar surface area (TPSA) is 58.1 Å². The lowest BCUT2D eigenvalue weighted by Crippen LogP contribution is -2.40. The van der Waals surface area contributed by atoms with Crippen LogP contribution in [0.3, 0.4) is 0 Å². The Morgan fingerprint density at radius 2 is 1.92 bits per heavy atom. The molecule has 1 fully saturated rings. The molecular formula is C18H39IN4O2. The minimum atomic E-state index is 0. The average molecular weight is 470 g/mol. The molecule has 0 amide bonds. The fraction of sp³-hybridized carbons (Fsp3) is 0.944. The van der Waals surface area contributed by atoms with Crippen LogP contribution >= 0.6 is 24.0 Å². The largest absolute Gasteiger partial charge is 0.381 e. The summed E-state index contributed by atoms with van der Waals surface area (Å²) >= 11 is 0. The van der Waals surface area contributed by atoms with Crippen LogP contribution in [0.15, 0.2) is 4.99 Å². The van der Waals surface area contributed by atoms with E-state index in [0.717, 1.165) is 78.1 Å². The van der Waals surface area contributed by atoms with E-state index in [4.69, 9.17) is 14.5 Å². The van der Waals surface area contributed by atoms with Gasteiger partial charge in [-0.1, -0.05) is 20.8 Å². The van der Waals surface area contributed by atoms with Gasteiger partial charge in [-0.3, -0.25) is 9.89 Å². The highest BCUT2D eigenvalue weighted by Gasteiger charge is 2.13. The molecule has 1 saturated heterocycles. The molecule has 0 aromatic carbocycles. The van der Waals surface area contributed by atoms with E-state index in [-0.39, 0.29) is 24.0 Å². The maximum absolute atomic E-state index is 5.60. The van der Waals surface area contributed by atoms with Gasteiger partial charge >= 0.3 is 0 Å². The van der Waals surface area contributed by atoms with Crippen LogP contribution in [0.2, 0.25) is 0 Å². The Kier molecular flexibility index (Phi) is 16.0. The summed E-state index contributed by atoms with van der Waals surface area (Å²) in [7, 11) is 0. The molecule has 0 aliphatic carbocycles. The van der Waals surface area contributed by atoms with E-state index in [1.807, 2.05) is 0 Å². The third-order valence-electron chi connectivity index (χ3n) is 3.79. The van der Waals surface area contributed by atoms with Crippen molar-refractivity contribution in [2.24, 2.45) is 16.8 Å². The molecular weight excluding hydrogens is 431 g/mol. The van der Waals surface area contributed by atoms with E-state index in [1.165, 1.54) is 0 Å². The quantitative estimate of drug-likeness (QED) is 0.210. The summed E-state index contributed by atoms with van der Waals surface area (Å²) in [6.07, 6.45) is 1.00. The highest BCUT2D eigenvalue weighted by molar-refractivity contribution is 14.0. The van der Waals surface area contributed by atoms with Gasteiger partial charge in [-0.2, -0.15) is 0 Å². The lowest BCUT2D eigenvalue weighted by molar-refractivity contribution is 0.0323. The Morgan fingerprint density at radius 3 is 2.56 bits per heavy atom. The molecule has 0 aromatic heterocycles. The first-order chi connectivity index (χ1) is 11.6. The van der Waals surface area contributed by atoms with Gasteiger partial charge in [-0.05, 0) is 25.2 Å². The minimum absolute atomic E-state index is 0. The number of nitrogens with zero attached hydrogens (tertiary/aromatic N) is 2. The predicted molar refractivity (Wildman–Crippen MR) is 116 cm³/mol. The molecule has 25 heavy (non-hydrogen) atoms. The first kappa shape index (κ1) is 24.9. The molecule has 2 N–H and O–H groups in total. The van der Waals surface area contributed by atoms with E-state index >= 15 is 0 Å². The van der Waals surface area contributed by atoms with Crippen LogP contribution < -0.4 is 10.6 Å². The number of halogens is 1. The summed E-state index contributed by atoms with van der Waals surface area (Å²) in [6.45, 7) is 17.9. The first-order valence-corrected chi connectivity index (χ1v) is 9.51. The maximum atomic E-state index is 5.60. The van der Waals surface area contributed by atoms with Crippen molar-refractivity contribution in [1.82, 2.24) is 15.5 Å². The Morgan fingerprint density at radius 1 is 1.20 bits per heavy atom. The molecule has 0 bridgehead atoms. The molecule has 0 aromatic rings.